The standard InChI is InChI=1S/C19H28N6O/c1-5-15-9-18(24-13(4)23-15)20-10-14-6-7-25-17(8-14)16(11-21-25)19(26)22-12(2)3/h9,11-12,14H,5-8,10H2,1-4H3,(H,22,26)(H,20,23,24). The van der Waals surface area contributed by atoms with E-state index in [1.807, 2.05) is 31.5 Å². The molecule has 7 nitrogen and oxygen atoms in total. The van der Waals surface area contributed by atoms with E-state index in [1.54, 1.807) is 6.20 Å². The number of hydrogen-bond acceptors (Lipinski definition) is 5. The zero-order chi connectivity index (χ0) is 18.7. The molecule has 0 saturated heterocycles. The van der Waals surface area contributed by atoms with E-state index in [1.165, 1.54) is 0 Å². The summed E-state index contributed by atoms with van der Waals surface area (Å²) in [4.78, 5) is 21.3. The Balaban J connectivity index is 1.66. The van der Waals surface area contributed by atoms with Crippen LogP contribution in [0.4, 0.5) is 5.82 Å². The minimum absolute atomic E-state index is 0.0335. The molecule has 1 amide bonds. The summed E-state index contributed by atoms with van der Waals surface area (Å²) < 4.78 is 1.97. The van der Waals surface area contributed by atoms with E-state index in [0.29, 0.717) is 11.5 Å². The molecule has 7 heteroatoms. The Bertz CT molecular complexity index is 782. The first-order chi connectivity index (χ1) is 12.5. The summed E-state index contributed by atoms with van der Waals surface area (Å²) in [6.45, 7) is 9.63. The first-order valence-corrected chi connectivity index (χ1v) is 9.40. The minimum Gasteiger partial charge on any atom is -0.370 e. The summed E-state index contributed by atoms with van der Waals surface area (Å²) in [5, 5.41) is 10.8. The Labute approximate surface area is 154 Å². The minimum atomic E-state index is -0.0335. The number of carbonyl (C=O) groups is 1. The van der Waals surface area contributed by atoms with E-state index < -0.39 is 0 Å². The van der Waals surface area contributed by atoms with E-state index in [0.717, 1.165) is 55.4 Å². The number of nitrogens with one attached hydrogen (secondary N) is 2. The van der Waals surface area contributed by atoms with Crippen molar-refractivity contribution in [1.82, 2.24) is 25.1 Å². The molecule has 0 aromatic carbocycles. The Morgan fingerprint density at radius 1 is 1.38 bits per heavy atom. The number of hydrogen-bond donors (Lipinski definition) is 2. The topological polar surface area (TPSA) is 84.7 Å². The summed E-state index contributed by atoms with van der Waals surface area (Å²) in [7, 11) is 0. The number of aromatic nitrogens is 4. The molecule has 2 aromatic rings. The molecular formula is C19H28N6O. The molecule has 140 valence electrons. The first kappa shape index (κ1) is 18.4. The molecule has 1 unspecified atom stereocenters. The highest BCUT2D eigenvalue weighted by molar-refractivity contribution is 5.95. The number of fused-ring (bicyclic) bond motifs is 1. The Kier molecular flexibility index (Phi) is 5.54. The molecule has 2 N–H and O–H groups in total. The third-order valence-corrected chi connectivity index (χ3v) is 4.67. The van der Waals surface area contributed by atoms with Gasteiger partial charge in [0.15, 0.2) is 0 Å². The van der Waals surface area contributed by atoms with Crippen LogP contribution in [0.2, 0.25) is 0 Å². The fraction of sp³-hybridized carbons (Fsp3) is 0.579. The highest BCUT2D eigenvalue weighted by atomic mass is 16.1. The van der Waals surface area contributed by atoms with Gasteiger partial charge in [-0.2, -0.15) is 5.10 Å². The van der Waals surface area contributed by atoms with E-state index in [4.69, 9.17) is 0 Å². The normalized spacial score (nSPS) is 16.4. The van der Waals surface area contributed by atoms with Gasteiger partial charge in [0.2, 0.25) is 0 Å². The maximum Gasteiger partial charge on any atom is 0.254 e. The van der Waals surface area contributed by atoms with Crippen LogP contribution >= 0.6 is 0 Å². The molecular weight excluding hydrogens is 328 g/mol. The maximum atomic E-state index is 12.4. The van der Waals surface area contributed by atoms with Crippen molar-refractivity contribution in [2.75, 3.05) is 11.9 Å². The van der Waals surface area contributed by atoms with Crippen LogP contribution < -0.4 is 10.6 Å². The van der Waals surface area contributed by atoms with Crippen molar-refractivity contribution < 1.29 is 4.79 Å². The maximum absolute atomic E-state index is 12.4. The second-order valence-corrected chi connectivity index (χ2v) is 7.24. The predicted octanol–water partition coefficient (Wildman–Crippen LogP) is 2.36. The molecule has 3 heterocycles. The van der Waals surface area contributed by atoms with Gasteiger partial charge in [-0.15, -0.1) is 0 Å². The van der Waals surface area contributed by atoms with Gasteiger partial charge < -0.3 is 10.6 Å². The van der Waals surface area contributed by atoms with Crippen LogP contribution in [0.15, 0.2) is 12.3 Å². The predicted molar refractivity (Wildman–Crippen MR) is 101 cm³/mol. The quantitative estimate of drug-likeness (QED) is 0.830. The van der Waals surface area contributed by atoms with E-state index >= 15 is 0 Å². The van der Waals surface area contributed by atoms with Gasteiger partial charge in [0.05, 0.1) is 17.5 Å². The van der Waals surface area contributed by atoms with Crippen LogP contribution in [0.25, 0.3) is 0 Å². The van der Waals surface area contributed by atoms with E-state index in [-0.39, 0.29) is 11.9 Å². The van der Waals surface area contributed by atoms with Crippen molar-refractivity contribution >= 4 is 11.7 Å². The van der Waals surface area contributed by atoms with Crippen LogP contribution in [-0.4, -0.2) is 38.2 Å². The van der Waals surface area contributed by atoms with Crippen molar-refractivity contribution in [1.29, 1.82) is 0 Å². The molecule has 1 aliphatic rings. The lowest BCUT2D eigenvalue weighted by atomic mass is 9.94. The Morgan fingerprint density at radius 2 is 2.19 bits per heavy atom. The van der Waals surface area contributed by atoms with Gasteiger partial charge in [-0.05, 0) is 46.0 Å². The number of anilines is 1. The van der Waals surface area contributed by atoms with Crippen LogP contribution in [0.3, 0.4) is 0 Å². The lowest BCUT2D eigenvalue weighted by Gasteiger charge is -2.24. The molecule has 0 aliphatic carbocycles. The summed E-state index contributed by atoms with van der Waals surface area (Å²) in [6.07, 6.45) is 4.48. The second kappa shape index (κ2) is 7.85. The van der Waals surface area contributed by atoms with Gasteiger partial charge in [0, 0.05) is 30.9 Å². The largest absolute Gasteiger partial charge is 0.370 e. The Hall–Kier alpha value is -2.44. The lowest BCUT2D eigenvalue weighted by Crippen LogP contribution is -2.32. The van der Waals surface area contributed by atoms with Gasteiger partial charge in [-0.1, -0.05) is 6.92 Å². The van der Waals surface area contributed by atoms with Crippen molar-refractivity contribution in [3.05, 3.63) is 35.0 Å². The highest BCUT2D eigenvalue weighted by Crippen LogP contribution is 2.23. The highest BCUT2D eigenvalue weighted by Gasteiger charge is 2.25. The first-order valence-electron chi connectivity index (χ1n) is 9.40. The molecule has 0 spiro atoms. The van der Waals surface area contributed by atoms with Crippen LogP contribution in [0, 0.1) is 12.8 Å². The SMILES string of the molecule is CCc1cc(NCC2CCn3ncc(C(=O)NC(C)C)c3C2)nc(C)n1. The summed E-state index contributed by atoms with van der Waals surface area (Å²) >= 11 is 0. The number of carbonyl (C=O) groups excluding carboxylic acids is 1. The van der Waals surface area contributed by atoms with Crippen molar-refractivity contribution in [2.45, 2.75) is 59.5 Å². The second-order valence-electron chi connectivity index (χ2n) is 7.24. The van der Waals surface area contributed by atoms with E-state index in [9.17, 15) is 4.79 Å². The summed E-state index contributed by atoms with van der Waals surface area (Å²) in [6, 6.07) is 2.13. The van der Waals surface area contributed by atoms with Gasteiger partial charge in [0.1, 0.15) is 11.6 Å². The number of amides is 1. The third-order valence-electron chi connectivity index (χ3n) is 4.67. The summed E-state index contributed by atoms with van der Waals surface area (Å²) in [5.41, 5.74) is 2.79. The number of rotatable bonds is 6. The van der Waals surface area contributed by atoms with Gasteiger partial charge in [-0.25, -0.2) is 9.97 Å². The molecule has 0 bridgehead atoms. The molecule has 0 saturated carbocycles. The monoisotopic (exact) mass is 356 g/mol. The smallest absolute Gasteiger partial charge is 0.254 e. The lowest BCUT2D eigenvalue weighted by molar-refractivity contribution is 0.0941. The fourth-order valence-corrected chi connectivity index (χ4v) is 3.35. The summed E-state index contributed by atoms with van der Waals surface area (Å²) in [5.74, 6) is 2.09. The molecule has 0 radical (unpaired) electrons. The number of nitrogens with zero attached hydrogens (tertiary/aromatic N) is 4. The third kappa shape index (κ3) is 4.20. The Morgan fingerprint density at radius 3 is 2.92 bits per heavy atom. The zero-order valence-electron chi connectivity index (χ0n) is 16.0. The van der Waals surface area contributed by atoms with E-state index in [2.05, 4.69) is 32.6 Å². The van der Waals surface area contributed by atoms with Crippen molar-refractivity contribution in [3.8, 4) is 0 Å². The van der Waals surface area contributed by atoms with Crippen molar-refractivity contribution in [2.24, 2.45) is 5.92 Å². The molecule has 3 rings (SSSR count). The molecule has 0 fully saturated rings. The van der Waals surface area contributed by atoms with Crippen LogP contribution in [-0.2, 0) is 19.4 Å². The van der Waals surface area contributed by atoms with Crippen LogP contribution in [0.5, 0.6) is 0 Å². The molecule has 1 atom stereocenters. The number of aryl methyl sites for hydroxylation is 3. The zero-order valence-corrected chi connectivity index (χ0v) is 16.0. The molecule has 1 aliphatic heterocycles. The van der Waals surface area contributed by atoms with Gasteiger partial charge in [0.25, 0.3) is 5.91 Å². The molecule has 26 heavy (non-hydrogen) atoms. The molecule has 2 aromatic heterocycles. The van der Waals surface area contributed by atoms with Crippen LogP contribution in [0.1, 0.15) is 54.8 Å². The average molecular weight is 356 g/mol. The van der Waals surface area contributed by atoms with Crippen molar-refractivity contribution in [3.63, 3.8) is 0 Å². The fourth-order valence-electron chi connectivity index (χ4n) is 3.35. The van der Waals surface area contributed by atoms with Gasteiger partial charge >= 0.3 is 0 Å². The average Bonchev–Trinajstić information content (AvgIpc) is 3.02. The van der Waals surface area contributed by atoms with Gasteiger partial charge in [-0.3, -0.25) is 9.48 Å².